The fourth-order valence-electron chi connectivity index (χ4n) is 13.4. The lowest BCUT2D eigenvalue weighted by Crippen LogP contribution is -1.99. The number of nitrogens with zero attached hydrogens (tertiary/aromatic N) is 4. The van der Waals surface area contributed by atoms with Gasteiger partial charge in [0, 0.05) is 106 Å². The minimum Gasteiger partial charge on any atom is -0.307 e. The molecule has 0 N–H and O–H groups in total. The van der Waals surface area contributed by atoms with Crippen molar-refractivity contribution in [2.45, 2.75) is 0 Å². The van der Waals surface area contributed by atoms with Crippen LogP contribution in [0.1, 0.15) is 0 Å². The van der Waals surface area contributed by atoms with E-state index in [2.05, 4.69) is 273 Å². The summed E-state index contributed by atoms with van der Waals surface area (Å²) in [7, 11) is 0. The van der Waals surface area contributed by atoms with Crippen molar-refractivity contribution in [3.05, 3.63) is 255 Å². The Bertz CT molecular complexity index is 5250. The summed E-state index contributed by atoms with van der Waals surface area (Å²) in [6, 6.07) is 95.1. The molecular formula is C72H42N4S2. The Morgan fingerprint density at radius 2 is 0.487 bits per heavy atom. The van der Waals surface area contributed by atoms with Crippen molar-refractivity contribution >= 4 is 150 Å². The van der Waals surface area contributed by atoms with Crippen molar-refractivity contribution in [1.29, 1.82) is 0 Å². The summed E-state index contributed by atoms with van der Waals surface area (Å²) < 4.78 is 15.3. The smallest absolute Gasteiger partial charge is 0.0788 e. The lowest BCUT2D eigenvalue weighted by molar-refractivity contribution is 1.15. The monoisotopic (exact) mass is 1030 g/mol. The average molecular weight is 1030 g/mol. The Morgan fingerprint density at radius 1 is 0.192 bits per heavy atom. The maximum Gasteiger partial charge on any atom is 0.0788 e. The van der Waals surface area contributed by atoms with Gasteiger partial charge in [-0.25, -0.2) is 0 Å². The maximum absolute atomic E-state index is 2.52. The van der Waals surface area contributed by atoms with E-state index in [9.17, 15) is 0 Å². The molecule has 18 aromatic rings. The lowest BCUT2D eigenvalue weighted by Gasteiger charge is -2.15. The number of benzene rings is 12. The topological polar surface area (TPSA) is 19.7 Å². The molecule has 0 bridgehead atoms. The van der Waals surface area contributed by atoms with Crippen LogP contribution in [0.2, 0.25) is 0 Å². The van der Waals surface area contributed by atoms with Gasteiger partial charge in [-0.15, -0.1) is 22.7 Å². The summed E-state index contributed by atoms with van der Waals surface area (Å²) in [6.07, 6.45) is 0. The molecule has 78 heavy (non-hydrogen) atoms. The summed E-state index contributed by atoms with van der Waals surface area (Å²) in [6.45, 7) is 0. The third kappa shape index (κ3) is 5.82. The number of fused-ring (bicyclic) bond motifs is 20. The second-order valence-electron chi connectivity index (χ2n) is 20.8. The molecule has 0 unspecified atom stereocenters. The average Bonchev–Trinajstić information content (AvgIpc) is 4.53. The van der Waals surface area contributed by atoms with Crippen LogP contribution < -0.4 is 0 Å². The Hall–Kier alpha value is -9.72. The molecule has 0 aliphatic heterocycles. The maximum atomic E-state index is 2.52. The second kappa shape index (κ2) is 15.9. The van der Waals surface area contributed by atoms with Gasteiger partial charge in [0.1, 0.15) is 0 Å². The van der Waals surface area contributed by atoms with E-state index in [4.69, 9.17) is 0 Å². The normalized spacial score (nSPS) is 12.4. The summed E-state index contributed by atoms with van der Waals surface area (Å²) >= 11 is 3.73. The van der Waals surface area contributed by atoms with E-state index < -0.39 is 0 Å². The molecule has 6 heteroatoms. The highest BCUT2D eigenvalue weighted by atomic mass is 32.1. The minimum atomic E-state index is 1.12. The van der Waals surface area contributed by atoms with Gasteiger partial charge in [-0.2, -0.15) is 0 Å². The molecule has 0 aliphatic rings. The zero-order valence-corrected chi connectivity index (χ0v) is 43.5. The Labute approximate surface area is 454 Å². The van der Waals surface area contributed by atoms with Crippen molar-refractivity contribution in [3.63, 3.8) is 0 Å². The number of para-hydroxylation sites is 4. The molecule has 0 saturated heterocycles. The van der Waals surface area contributed by atoms with Crippen molar-refractivity contribution in [2.75, 3.05) is 0 Å². The van der Waals surface area contributed by atoms with Crippen molar-refractivity contribution < 1.29 is 0 Å². The molecule has 0 saturated carbocycles. The zero-order valence-electron chi connectivity index (χ0n) is 41.9. The van der Waals surface area contributed by atoms with E-state index in [1.807, 2.05) is 22.7 Å². The van der Waals surface area contributed by atoms with Gasteiger partial charge < -0.3 is 18.3 Å². The number of aromatic nitrogens is 4. The standard InChI is InChI=1S/C72H42N4S2/c1-7-25-61-49(19-1)55-33-35-57-51-21-3-9-27-63(51)75(47-31-37-67-59(41-47)53-23-5-11-29-65(53)77-67)71(57)69(55)73(61)45-17-13-15-43(39-45)44-16-14-18-46(40-44)74-62-26-8-2-20-50(62)56-34-36-58-52-22-4-10-28-64(52)76(72(58)70(56)74)48-32-38-68-60(42-48)54-24-6-12-30-66(54)78-68/h1-42H. The third-order valence-electron chi connectivity index (χ3n) is 16.7. The molecule has 0 radical (unpaired) electrons. The van der Waals surface area contributed by atoms with E-state index in [0.717, 1.165) is 33.9 Å². The summed E-state index contributed by atoms with van der Waals surface area (Å²) in [5, 5.41) is 15.1. The van der Waals surface area contributed by atoms with Crippen LogP contribution in [-0.4, -0.2) is 18.3 Å². The summed E-state index contributed by atoms with van der Waals surface area (Å²) in [5.74, 6) is 0. The lowest BCUT2D eigenvalue weighted by atomic mass is 10.0. The van der Waals surface area contributed by atoms with Gasteiger partial charge in [0.25, 0.3) is 0 Å². The van der Waals surface area contributed by atoms with Gasteiger partial charge in [0.05, 0.1) is 44.1 Å². The number of rotatable bonds is 5. The van der Waals surface area contributed by atoms with Crippen molar-refractivity contribution in [3.8, 4) is 33.9 Å². The fourth-order valence-corrected chi connectivity index (χ4v) is 15.6. The predicted molar refractivity (Wildman–Crippen MR) is 335 cm³/mol. The first kappa shape index (κ1) is 42.5. The first-order chi connectivity index (χ1) is 38.7. The largest absolute Gasteiger partial charge is 0.307 e. The SMILES string of the molecule is c1cc(-c2cccc(-n3c4ccccc4c4ccc5c6ccccc6n(-c6ccc7sc8ccccc8c7c6)c5c43)c2)cc(-n2c3ccccc3c3ccc4c5ccccc5n(-c5ccc6sc7ccccc7c6c5)c4c32)c1. The van der Waals surface area contributed by atoms with E-state index in [0.29, 0.717) is 0 Å². The Morgan fingerprint density at radius 3 is 0.846 bits per heavy atom. The first-order valence-electron chi connectivity index (χ1n) is 26.7. The first-order valence-corrected chi connectivity index (χ1v) is 28.3. The van der Waals surface area contributed by atoms with E-state index >= 15 is 0 Å². The van der Waals surface area contributed by atoms with Crippen LogP contribution in [0.3, 0.4) is 0 Å². The van der Waals surface area contributed by atoms with Crippen LogP contribution in [0.15, 0.2) is 255 Å². The van der Waals surface area contributed by atoms with E-state index in [-0.39, 0.29) is 0 Å². The quantitative estimate of drug-likeness (QED) is 0.164. The molecule has 12 aromatic carbocycles. The van der Waals surface area contributed by atoms with Crippen molar-refractivity contribution in [2.24, 2.45) is 0 Å². The molecule has 0 atom stereocenters. The highest BCUT2D eigenvalue weighted by Gasteiger charge is 2.24. The van der Waals surface area contributed by atoms with Gasteiger partial charge in [-0.1, -0.05) is 158 Å². The zero-order chi connectivity index (χ0) is 50.7. The van der Waals surface area contributed by atoms with Gasteiger partial charge in [0.2, 0.25) is 0 Å². The van der Waals surface area contributed by atoms with Gasteiger partial charge in [-0.05, 0) is 108 Å². The third-order valence-corrected chi connectivity index (χ3v) is 19.0. The number of thiophene rings is 2. The van der Waals surface area contributed by atoms with Crippen LogP contribution in [-0.2, 0) is 0 Å². The Kier molecular flexibility index (Phi) is 8.67. The van der Waals surface area contributed by atoms with Crippen molar-refractivity contribution in [1.82, 2.24) is 18.3 Å². The molecule has 18 rings (SSSR count). The number of hydrogen-bond acceptors (Lipinski definition) is 2. The fraction of sp³-hybridized carbons (Fsp3) is 0. The predicted octanol–water partition coefficient (Wildman–Crippen LogP) is 20.5. The molecule has 0 fully saturated rings. The van der Waals surface area contributed by atoms with Crippen LogP contribution in [0, 0.1) is 0 Å². The van der Waals surface area contributed by atoms with Gasteiger partial charge in [0.15, 0.2) is 0 Å². The highest BCUT2D eigenvalue weighted by Crippen LogP contribution is 2.46. The summed E-state index contributed by atoms with van der Waals surface area (Å²) in [5.41, 5.74) is 16.4. The molecule has 6 heterocycles. The molecule has 4 nitrogen and oxygen atoms in total. The summed E-state index contributed by atoms with van der Waals surface area (Å²) in [4.78, 5) is 0. The Balaban J connectivity index is 0.861. The second-order valence-corrected chi connectivity index (χ2v) is 23.0. The van der Waals surface area contributed by atoms with Crippen LogP contribution in [0.5, 0.6) is 0 Å². The van der Waals surface area contributed by atoms with Crippen LogP contribution in [0.4, 0.5) is 0 Å². The molecular weight excluding hydrogens is 985 g/mol. The van der Waals surface area contributed by atoms with E-state index in [1.54, 1.807) is 0 Å². The molecule has 0 aliphatic carbocycles. The highest BCUT2D eigenvalue weighted by molar-refractivity contribution is 7.26. The van der Waals surface area contributed by atoms with Gasteiger partial charge >= 0.3 is 0 Å². The minimum absolute atomic E-state index is 1.12. The van der Waals surface area contributed by atoms with Crippen LogP contribution >= 0.6 is 22.7 Å². The van der Waals surface area contributed by atoms with Gasteiger partial charge in [-0.3, -0.25) is 0 Å². The molecule has 362 valence electrons. The molecule has 0 spiro atoms. The van der Waals surface area contributed by atoms with E-state index in [1.165, 1.54) is 128 Å². The number of hydrogen-bond donors (Lipinski definition) is 0. The molecule has 0 amide bonds. The van der Waals surface area contributed by atoms with Crippen LogP contribution in [0.25, 0.3) is 161 Å². The molecule has 6 aromatic heterocycles.